The number of amides is 1. The molecule has 1 aromatic heterocycles. The molecule has 2 aromatic carbocycles. The molecular formula is C25H28Cl2N4O3. The molecule has 0 aliphatic carbocycles. The number of aromatic nitrogens is 1. The van der Waals surface area contributed by atoms with Crippen LogP contribution in [-0.2, 0) is 4.79 Å². The van der Waals surface area contributed by atoms with Crippen LogP contribution in [0.4, 0.5) is 5.69 Å². The number of hydrogen-bond acceptors (Lipinski definition) is 6. The summed E-state index contributed by atoms with van der Waals surface area (Å²) in [5.74, 6) is 0.574. The van der Waals surface area contributed by atoms with Crippen molar-refractivity contribution in [1.29, 1.82) is 0 Å². The Morgan fingerprint density at radius 3 is 2.79 bits per heavy atom. The molecule has 1 aliphatic rings. The number of rotatable bonds is 8. The highest BCUT2D eigenvalue weighted by molar-refractivity contribution is 6.44. The van der Waals surface area contributed by atoms with E-state index in [-0.39, 0.29) is 18.5 Å². The Bertz CT molecular complexity index is 1150. The number of halogens is 2. The number of aliphatic hydroxyl groups excluding tert-OH is 1. The Kier molecular flexibility index (Phi) is 8.24. The van der Waals surface area contributed by atoms with Crippen LogP contribution in [0.1, 0.15) is 24.5 Å². The maximum absolute atomic E-state index is 12.3. The number of fused-ring (bicyclic) bond motifs is 1. The fraction of sp³-hybridized carbons (Fsp3) is 0.360. The molecule has 1 unspecified atom stereocenters. The van der Waals surface area contributed by atoms with E-state index in [4.69, 9.17) is 27.9 Å². The van der Waals surface area contributed by atoms with Gasteiger partial charge in [-0.3, -0.25) is 9.78 Å². The van der Waals surface area contributed by atoms with E-state index in [0.717, 1.165) is 48.1 Å². The molecule has 180 valence electrons. The number of anilines is 1. The molecule has 0 bridgehead atoms. The molecule has 1 amide bonds. The lowest BCUT2D eigenvalue weighted by atomic mass is 10.0. The van der Waals surface area contributed by atoms with Gasteiger partial charge >= 0.3 is 0 Å². The average Bonchev–Trinajstić information content (AvgIpc) is 2.85. The van der Waals surface area contributed by atoms with Gasteiger partial charge in [0.25, 0.3) is 0 Å². The van der Waals surface area contributed by atoms with Crippen molar-refractivity contribution >= 4 is 45.7 Å². The number of carbonyl (C=O) groups is 1. The number of nitrogens with zero attached hydrogens (tertiary/aromatic N) is 2. The van der Waals surface area contributed by atoms with Crippen LogP contribution in [0.25, 0.3) is 10.9 Å². The summed E-state index contributed by atoms with van der Waals surface area (Å²) >= 11 is 12.1. The minimum absolute atomic E-state index is 0.165. The molecule has 2 heterocycles. The molecule has 0 spiro atoms. The first kappa shape index (κ1) is 24.7. The first-order valence-electron chi connectivity index (χ1n) is 11.2. The fourth-order valence-electron chi connectivity index (χ4n) is 4.26. The molecule has 0 saturated carbocycles. The van der Waals surface area contributed by atoms with Crippen molar-refractivity contribution in [2.75, 3.05) is 38.6 Å². The van der Waals surface area contributed by atoms with E-state index in [1.807, 2.05) is 24.3 Å². The summed E-state index contributed by atoms with van der Waals surface area (Å²) in [5.41, 5.74) is 2.18. The van der Waals surface area contributed by atoms with Crippen molar-refractivity contribution in [3.63, 3.8) is 0 Å². The van der Waals surface area contributed by atoms with Crippen molar-refractivity contribution in [2.45, 2.75) is 25.0 Å². The normalized spacial score (nSPS) is 15.9. The highest BCUT2D eigenvalue weighted by Crippen LogP contribution is 2.30. The van der Waals surface area contributed by atoms with E-state index in [1.165, 1.54) is 0 Å². The minimum atomic E-state index is -0.629. The largest absolute Gasteiger partial charge is 0.497 e. The number of carbonyl (C=O) groups excluding carboxylic acids is 1. The molecule has 3 aromatic rings. The van der Waals surface area contributed by atoms with Gasteiger partial charge < -0.3 is 25.4 Å². The van der Waals surface area contributed by atoms with Gasteiger partial charge in [-0.05, 0) is 67.9 Å². The second-order valence-corrected chi connectivity index (χ2v) is 9.19. The van der Waals surface area contributed by atoms with E-state index in [0.29, 0.717) is 22.3 Å². The number of piperidine rings is 1. The second-order valence-electron chi connectivity index (χ2n) is 8.40. The highest BCUT2D eigenvalue weighted by atomic mass is 35.5. The van der Waals surface area contributed by atoms with E-state index in [2.05, 4.69) is 20.5 Å². The maximum Gasteiger partial charge on any atom is 0.238 e. The van der Waals surface area contributed by atoms with Gasteiger partial charge in [-0.25, -0.2) is 0 Å². The summed E-state index contributed by atoms with van der Waals surface area (Å²) in [6.07, 6.45) is 2.88. The van der Waals surface area contributed by atoms with Gasteiger partial charge in [-0.15, -0.1) is 0 Å². The number of benzene rings is 2. The Morgan fingerprint density at radius 1 is 1.24 bits per heavy atom. The molecular weight excluding hydrogens is 475 g/mol. The zero-order valence-electron chi connectivity index (χ0n) is 18.9. The van der Waals surface area contributed by atoms with Gasteiger partial charge in [0.2, 0.25) is 5.91 Å². The Hall–Kier alpha value is -2.42. The lowest BCUT2D eigenvalue weighted by molar-refractivity contribution is -0.115. The molecule has 3 N–H and O–H groups in total. The van der Waals surface area contributed by atoms with Crippen LogP contribution in [0.15, 0.2) is 48.7 Å². The lowest BCUT2D eigenvalue weighted by Gasteiger charge is -2.33. The third-order valence-electron chi connectivity index (χ3n) is 6.14. The van der Waals surface area contributed by atoms with Gasteiger partial charge in [0.05, 0.1) is 41.0 Å². The van der Waals surface area contributed by atoms with E-state index < -0.39 is 6.10 Å². The number of ether oxygens (including phenoxy) is 1. The number of nitrogens with one attached hydrogen (secondary N) is 2. The standard InChI is InChI=1S/C25H28Cl2N4O3/c1-34-17-5-6-21-19(13-17)18(7-10-28-21)23(32)15-31-11-8-16(9-12-31)29-14-24(33)30-22-4-2-3-20(26)25(22)27/h2-7,10,13,16,23,29,32H,8-9,11-12,14-15H2,1H3,(H,30,33). The molecule has 1 atom stereocenters. The summed E-state index contributed by atoms with van der Waals surface area (Å²) in [5, 5.41) is 18.7. The van der Waals surface area contributed by atoms with Crippen LogP contribution in [0.3, 0.4) is 0 Å². The number of hydrogen-bond donors (Lipinski definition) is 3. The van der Waals surface area contributed by atoms with Crippen LogP contribution < -0.4 is 15.4 Å². The molecule has 1 fully saturated rings. The van der Waals surface area contributed by atoms with Crippen molar-refractivity contribution in [1.82, 2.24) is 15.2 Å². The Labute approximate surface area is 209 Å². The number of pyridine rings is 1. The molecule has 4 rings (SSSR count). The van der Waals surface area contributed by atoms with Crippen molar-refractivity contribution in [2.24, 2.45) is 0 Å². The topological polar surface area (TPSA) is 86.7 Å². The predicted molar refractivity (Wildman–Crippen MR) is 136 cm³/mol. The van der Waals surface area contributed by atoms with E-state index in [1.54, 1.807) is 31.5 Å². The monoisotopic (exact) mass is 502 g/mol. The van der Waals surface area contributed by atoms with Gasteiger partial charge in [0, 0.05) is 24.2 Å². The van der Waals surface area contributed by atoms with Gasteiger partial charge in [-0.2, -0.15) is 0 Å². The Morgan fingerprint density at radius 2 is 2.03 bits per heavy atom. The lowest BCUT2D eigenvalue weighted by Crippen LogP contribution is -2.45. The number of aliphatic hydroxyl groups is 1. The molecule has 1 saturated heterocycles. The minimum Gasteiger partial charge on any atom is -0.497 e. The van der Waals surface area contributed by atoms with Crippen LogP contribution in [-0.4, -0.2) is 60.2 Å². The highest BCUT2D eigenvalue weighted by Gasteiger charge is 2.23. The first-order valence-corrected chi connectivity index (χ1v) is 12.0. The zero-order valence-corrected chi connectivity index (χ0v) is 20.4. The van der Waals surface area contributed by atoms with Crippen LogP contribution >= 0.6 is 23.2 Å². The second kappa shape index (κ2) is 11.3. The third-order valence-corrected chi connectivity index (χ3v) is 6.96. The van der Waals surface area contributed by atoms with Crippen molar-refractivity contribution in [3.05, 3.63) is 64.3 Å². The fourth-order valence-corrected chi connectivity index (χ4v) is 4.61. The molecule has 34 heavy (non-hydrogen) atoms. The van der Waals surface area contributed by atoms with Crippen molar-refractivity contribution in [3.8, 4) is 5.75 Å². The van der Waals surface area contributed by atoms with Crippen LogP contribution in [0.5, 0.6) is 5.75 Å². The summed E-state index contributed by atoms with van der Waals surface area (Å²) < 4.78 is 5.34. The summed E-state index contributed by atoms with van der Waals surface area (Å²) in [6.45, 7) is 2.41. The third kappa shape index (κ3) is 5.98. The summed E-state index contributed by atoms with van der Waals surface area (Å²) in [7, 11) is 1.63. The van der Waals surface area contributed by atoms with Gasteiger partial charge in [0.1, 0.15) is 5.75 Å². The maximum atomic E-state index is 12.3. The smallest absolute Gasteiger partial charge is 0.238 e. The van der Waals surface area contributed by atoms with Crippen LogP contribution in [0.2, 0.25) is 10.0 Å². The van der Waals surface area contributed by atoms with Crippen LogP contribution in [0, 0.1) is 0 Å². The number of methoxy groups -OCH3 is 1. The molecule has 1 aliphatic heterocycles. The van der Waals surface area contributed by atoms with Crippen molar-refractivity contribution < 1.29 is 14.6 Å². The molecule has 0 radical (unpaired) electrons. The first-order chi connectivity index (χ1) is 16.4. The SMILES string of the molecule is COc1ccc2nccc(C(O)CN3CCC(NCC(=O)Nc4cccc(Cl)c4Cl)CC3)c2c1. The quantitative estimate of drug-likeness (QED) is 0.426. The average molecular weight is 503 g/mol. The molecule has 9 heteroatoms. The van der Waals surface area contributed by atoms with Gasteiger partial charge in [-0.1, -0.05) is 29.3 Å². The summed E-state index contributed by atoms with van der Waals surface area (Å²) in [4.78, 5) is 18.9. The van der Waals surface area contributed by atoms with Gasteiger partial charge in [0.15, 0.2) is 0 Å². The van der Waals surface area contributed by atoms with E-state index in [9.17, 15) is 9.90 Å². The molecule has 7 nitrogen and oxygen atoms in total. The Balaban J connectivity index is 1.26. The zero-order chi connectivity index (χ0) is 24.1. The number of likely N-dealkylation sites (tertiary alicyclic amines) is 1. The predicted octanol–water partition coefficient (Wildman–Crippen LogP) is 4.28. The van der Waals surface area contributed by atoms with E-state index >= 15 is 0 Å². The summed E-state index contributed by atoms with van der Waals surface area (Å²) in [6, 6.07) is 12.9. The number of β-amino-alcohol motifs (C(OH)–C–C–N with tert-alkyl or cyclic N) is 1.